The molecule has 5 nitrogen and oxygen atoms in total. The van der Waals surface area contributed by atoms with Crippen molar-refractivity contribution in [3.63, 3.8) is 0 Å². The zero-order valence-electron chi connectivity index (χ0n) is 16.6. The van der Waals surface area contributed by atoms with E-state index in [1.165, 1.54) is 0 Å². The highest BCUT2D eigenvalue weighted by atomic mass is 16.5. The van der Waals surface area contributed by atoms with Gasteiger partial charge in [0.1, 0.15) is 18.1 Å². The number of ether oxygens (including phenoxy) is 3. The standard InChI is InChI=1S/C24H28O5/c25-22(26)17-27-18-23-9-12-24(13-10-23,14-11-23)28-16-19-5-4-8-21(15-19)29-20-6-2-1-3-7-20/h1-8,15H,9-14,16-18H2,(H,25,26). The molecule has 3 fully saturated rings. The Bertz CT molecular complexity index is 808. The minimum Gasteiger partial charge on any atom is -0.480 e. The van der Waals surface area contributed by atoms with Gasteiger partial charge < -0.3 is 19.3 Å². The lowest BCUT2D eigenvalue weighted by Crippen LogP contribution is -2.49. The van der Waals surface area contributed by atoms with Crippen LogP contribution in [0.4, 0.5) is 0 Å². The number of benzene rings is 2. The van der Waals surface area contributed by atoms with Gasteiger partial charge in [-0.1, -0.05) is 30.3 Å². The minimum absolute atomic E-state index is 0.0508. The van der Waals surface area contributed by atoms with Crippen molar-refractivity contribution < 1.29 is 24.1 Å². The van der Waals surface area contributed by atoms with Gasteiger partial charge in [-0.2, -0.15) is 0 Å². The van der Waals surface area contributed by atoms with Crippen LogP contribution in [0.1, 0.15) is 44.1 Å². The van der Waals surface area contributed by atoms with Crippen LogP contribution < -0.4 is 4.74 Å². The Kier molecular flexibility index (Phi) is 5.88. The van der Waals surface area contributed by atoms with Crippen LogP contribution in [0.15, 0.2) is 54.6 Å². The monoisotopic (exact) mass is 396 g/mol. The number of hydrogen-bond acceptors (Lipinski definition) is 4. The smallest absolute Gasteiger partial charge is 0.329 e. The molecule has 0 spiro atoms. The number of para-hydroxylation sites is 1. The first-order valence-corrected chi connectivity index (χ1v) is 10.3. The fourth-order valence-electron chi connectivity index (χ4n) is 4.58. The van der Waals surface area contributed by atoms with E-state index in [0.717, 1.165) is 55.6 Å². The van der Waals surface area contributed by atoms with Crippen LogP contribution in [0, 0.1) is 5.41 Å². The van der Waals surface area contributed by atoms with Crippen LogP contribution in [0.3, 0.4) is 0 Å². The Balaban J connectivity index is 1.30. The fourth-order valence-corrected chi connectivity index (χ4v) is 4.58. The third kappa shape index (κ3) is 4.98. The van der Waals surface area contributed by atoms with Crippen LogP contribution in [-0.2, 0) is 20.9 Å². The summed E-state index contributed by atoms with van der Waals surface area (Å²) < 4.78 is 17.8. The number of carboxylic acid groups (broad SMARTS) is 1. The second-order valence-electron chi connectivity index (χ2n) is 8.42. The number of aliphatic carboxylic acids is 1. The van der Waals surface area contributed by atoms with Crippen molar-refractivity contribution in [3.05, 3.63) is 60.2 Å². The quantitative estimate of drug-likeness (QED) is 0.632. The molecule has 0 aromatic heterocycles. The van der Waals surface area contributed by atoms with Gasteiger partial charge in [0.25, 0.3) is 0 Å². The summed E-state index contributed by atoms with van der Waals surface area (Å²) in [6.45, 7) is 0.924. The molecule has 2 aromatic carbocycles. The molecule has 2 aromatic rings. The summed E-state index contributed by atoms with van der Waals surface area (Å²) in [7, 11) is 0. The molecule has 1 N–H and O–H groups in total. The molecule has 2 bridgehead atoms. The third-order valence-corrected chi connectivity index (χ3v) is 6.39. The van der Waals surface area contributed by atoms with E-state index in [1.807, 2.05) is 48.5 Å². The first-order chi connectivity index (χ1) is 14.1. The van der Waals surface area contributed by atoms with E-state index >= 15 is 0 Å². The van der Waals surface area contributed by atoms with Crippen LogP contribution >= 0.6 is 0 Å². The molecule has 0 unspecified atom stereocenters. The van der Waals surface area contributed by atoms with Gasteiger partial charge in [-0.05, 0) is 73.8 Å². The van der Waals surface area contributed by atoms with Crippen molar-refractivity contribution in [1.29, 1.82) is 0 Å². The van der Waals surface area contributed by atoms with Crippen molar-refractivity contribution in [1.82, 2.24) is 0 Å². The predicted octanol–water partition coefficient (Wildman–Crippen LogP) is 5.19. The van der Waals surface area contributed by atoms with E-state index in [1.54, 1.807) is 0 Å². The van der Waals surface area contributed by atoms with E-state index in [2.05, 4.69) is 6.07 Å². The summed E-state index contributed by atoms with van der Waals surface area (Å²) >= 11 is 0. The van der Waals surface area contributed by atoms with Gasteiger partial charge in [-0.3, -0.25) is 0 Å². The first kappa shape index (κ1) is 19.9. The maximum Gasteiger partial charge on any atom is 0.329 e. The summed E-state index contributed by atoms with van der Waals surface area (Å²) in [5.74, 6) is 0.742. The van der Waals surface area contributed by atoms with Crippen LogP contribution in [0.5, 0.6) is 11.5 Å². The van der Waals surface area contributed by atoms with E-state index in [0.29, 0.717) is 13.2 Å². The molecular formula is C24H28O5. The van der Waals surface area contributed by atoms with E-state index in [-0.39, 0.29) is 17.6 Å². The van der Waals surface area contributed by atoms with E-state index < -0.39 is 5.97 Å². The highest BCUT2D eigenvalue weighted by Crippen LogP contribution is 2.54. The molecule has 3 aliphatic rings. The van der Waals surface area contributed by atoms with Gasteiger partial charge in [0, 0.05) is 0 Å². The zero-order chi connectivity index (χ0) is 20.2. The molecule has 0 aliphatic heterocycles. The molecular weight excluding hydrogens is 368 g/mol. The SMILES string of the molecule is O=C(O)COCC12CCC(OCc3cccc(Oc4ccccc4)c3)(CC1)CC2. The molecule has 0 heterocycles. The second kappa shape index (κ2) is 8.56. The van der Waals surface area contributed by atoms with Crippen LogP contribution in [0.2, 0.25) is 0 Å². The van der Waals surface area contributed by atoms with Gasteiger partial charge in [-0.25, -0.2) is 4.79 Å². The molecule has 154 valence electrons. The Morgan fingerprint density at radius 2 is 1.59 bits per heavy atom. The normalized spacial score (nSPS) is 25.7. The Morgan fingerprint density at radius 1 is 0.897 bits per heavy atom. The lowest BCUT2D eigenvalue weighted by atomic mass is 9.59. The van der Waals surface area contributed by atoms with Crippen molar-refractivity contribution in [2.75, 3.05) is 13.2 Å². The maximum absolute atomic E-state index is 10.7. The summed E-state index contributed by atoms with van der Waals surface area (Å²) in [6, 6.07) is 17.8. The van der Waals surface area contributed by atoms with Crippen molar-refractivity contribution in [3.8, 4) is 11.5 Å². The third-order valence-electron chi connectivity index (χ3n) is 6.39. The molecule has 5 rings (SSSR count). The number of carbonyl (C=O) groups is 1. The number of fused-ring (bicyclic) bond motifs is 3. The molecule has 0 amide bonds. The van der Waals surface area contributed by atoms with Gasteiger partial charge in [0.2, 0.25) is 0 Å². The lowest BCUT2D eigenvalue weighted by Gasteiger charge is -2.53. The van der Waals surface area contributed by atoms with Crippen LogP contribution in [-0.4, -0.2) is 29.9 Å². The first-order valence-electron chi connectivity index (χ1n) is 10.3. The minimum atomic E-state index is -0.899. The van der Waals surface area contributed by atoms with Crippen molar-refractivity contribution in [2.24, 2.45) is 5.41 Å². The summed E-state index contributed by atoms with van der Waals surface area (Å²) in [4.78, 5) is 10.7. The molecule has 5 heteroatoms. The second-order valence-corrected chi connectivity index (χ2v) is 8.42. The predicted molar refractivity (Wildman–Crippen MR) is 109 cm³/mol. The summed E-state index contributed by atoms with van der Waals surface area (Å²) in [6.07, 6.45) is 6.19. The molecule has 3 aliphatic carbocycles. The molecule has 29 heavy (non-hydrogen) atoms. The Morgan fingerprint density at radius 3 is 2.28 bits per heavy atom. The van der Waals surface area contributed by atoms with Gasteiger partial charge >= 0.3 is 5.97 Å². The summed E-state index contributed by atoms with van der Waals surface area (Å²) in [5, 5.41) is 8.78. The maximum atomic E-state index is 10.7. The average molecular weight is 396 g/mol. The highest BCUT2D eigenvalue weighted by Gasteiger charge is 2.49. The van der Waals surface area contributed by atoms with E-state index in [9.17, 15) is 4.79 Å². The Hall–Kier alpha value is -2.37. The van der Waals surface area contributed by atoms with Crippen molar-refractivity contribution in [2.45, 2.75) is 50.7 Å². The van der Waals surface area contributed by atoms with Gasteiger partial charge in [-0.15, -0.1) is 0 Å². The lowest BCUT2D eigenvalue weighted by molar-refractivity contribution is -0.162. The van der Waals surface area contributed by atoms with Gasteiger partial charge in [0.05, 0.1) is 18.8 Å². The number of hydrogen-bond donors (Lipinski definition) is 1. The molecule has 0 radical (unpaired) electrons. The zero-order valence-corrected chi connectivity index (χ0v) is 16.6. The van der Waals surface area contributed by atoms with Crippen molar-refractivity contribution >= 4 is 5.97 Å². The highest BCUT2D eigenvalue weighted by molar-refractivity contribution is 5.68. The number of carboxylic acids is 1. The fraction of sp³-hybridized carbons (Fsp3) is 0.458. The number of rotatable bonds is 9. The van der Waals surface area contributed by atoms with E-state index in [4.69, 9.17) is 19.3 Å². The van der Waals surface area contributed by atoms with Gasteiger partial charge in [0.15, 0.2) is 0 Å². The summed E-state index contributed by atoms with van der Waals surface area (Å²) in [5.41, 5.74) is 1.20. The average Bonchev–Trinajstić information content (AvgIpc) is 2.75. The van der Waals surface area contributed by atoms with Crippen LogP contribution in [0.25, 0.3) is 0 Å². The Labute approximate surface area is 171 Å². The molecule has 3 saturated carbocycles. The largest absolute Gasteiger partial charge is 0.480 e. The molecule has 0 atom stereocenters. The topological polar surface area (TPSA) is 65.0 Å². The molecule has 0 saturated heterocycles.